The Bertz CT molecular complexity index is 497. The van der Waals surface area contributed by atoms with Crippen molar-refractivity contribution in [1.82, 2.24) is 15.6 Å². The Kier molecular flexibility index (Phi) is 3.87. The number of hydrogen-bond acceptors (Lipinski definition) is 5. The molecule has 2 heterocycles. The minimum Gasteiger partial charge on any atom is -0.454 e. The fourth-order valence-corrected chi connectivity index (χ4v) is 2.16. The van der Waals surface area contributed by atoms with Gasteiger partial charge in [0.05, 0.1) is 12.6 Å². The Labute approximate surface area is 111 Å². The van der Waals surface area contributed by atoms with E-state index >= 15 is 0 Å². The van der Waals surface area contributed by atoms with Crippen LogP contribution in [0.5, 0.6) is 0 Å². The number of amides is 2. The van der Waals surface area contributed by atoms with Crippen molar-refractivity contribution in [2.75, 3.05) is 13.1 Å². The summed E-state index contributed by atoms with van der Waals surface area (Å²) in [7, 11) is 0. The molecule has 1 atom stereocenters. The monoisotopic (exact) mass is 266 g/mol. The van der Waals surface area contributed by atoms with Crippen molar-refractivity contribution >= 4 is 11.8 Å². The number of piperazine rings is 1. The maximum atomic E-state index is 11.6. The Morgan fingerprint density at radius 3 is 3.11 bits per heavy atom. The van der Waals surface area contributed by atoms with Crippen LogP contribution in [0.25, 0.3) is 0 Å². The lowest BCUT2D eigenvalue weighted by Crippen LogP contribution is -2.53. The van der Waals surface area contributed by atoms with E-state index in [4.69, 9.17) is 10.3 Å². The summed E-state index contributed by atoms with van der Waals surface area (Å²) in [6.45, 7) is 5.50. The molecule has 7 nitrogen and oxygen atoms in total. The van der Waals surface area contributed by atoms with Gasteiger partial charge in [0.2, 0.25) is 5.91 Å². The third-order valence-corrected chi connectivity index (χ3v) is 3.29. The van der Waals surface area contributed by atoms with E-state index in [1.807, 2.05) is 17.2 Å². The number of furan rings is 1. The van der Waals surface area contributed by atoms with Crippen LogP contribution in [0.3, 0.4) is 0 Å². The van der Waals surface area contributed by atoms with Crippen LogP contribution in [0.1, 0.15) is 28.8 Å². The molecule has 0 aliphatic carbocycles. The smallest absolute Gasteiger partial charge is 0.301 e. The first-order valence-electron chi connectivity index (χ1n) is 6.15. The molecule has 2 amide bonds. The summed E-state index contributed by atoms with van der Waals surface area (Å²) in [5.74, 6) is 5.51. The van der Waals surface area contributed by atoms with Gasteiger partial charge in [-0.3, -0.25) is 19.9 Å². The minimum atomic E-state index is -0.451. The number of carbonyl (C=O) groups excluding carboxylic acids is 2. The minimum absolute atomic E-state index is 0.00875. The van der Waals surface area contributed by atoms with Crippen LogP contribution in [0.15, 0.2) is 10.5 Å². The Morgan fingerprint density at radius 1 is 1.68 bits per heavy atom. The van der Waals surface area contributed by atoms with Crippen LogP contribution in [0.4, 0.5) is 0 Å². The van der Waals surface area contributed by atoms with E-state index in [1.54, 1.807) is 13.0 Å². The number of rotatable bonds is 3. The van der Waals surface area contributed by atoms with Crippen molar-refractivity contribution in [3.05, 3.63) is 23.2 Å². The van der Waals surface area contributed by atoms with Gasteiger partial charge in [0, 0.05) is 18.7 Å². The zero-order valence-corrected chi connectivity index (χ0v) is 11.0. The van der Waals surface area contributed by atoms with E-state index in [2.05, 4.69) is 5.32 Å². The number of nitrogens with two attached hydrogens (primary N) is 1. The second kappa shape index (κ2) is 5.41. The number of hydrogen-bond donors (Lipinski definition) is 3. The lowest BCUT2D eigenvalue weighted by atomic mass is 10.2. The summed E-state index contributed by atoms with van der Waals surface area (Å²) < 4.78 is 5.49. The second-order valence-electron chi connectivity index (χ2n) is 4.64. The predicted octanol–water partition coefficient (Wildman–Crippen LogP) is -0.488. The molecule has 0 aromatic carbocycles. The van der Waals surface area contributed by atoms with Crippen LogP contribution < -0.4 is 16.6 Å². The van der Waals surface area contributed by atoms with Gasteiger partial charge in [0.15, 0.2) is 5.76 Å². The van der Waals surface area contributed by atoms with Gasteiger partial charge in [0.1, 0.15) is 5.76 Å². The summed E-state index contributed by atoms with van der Waals surface area (Å²) in [4.78, 5) is 25.0. The van der Waals surface area contributed by atoms with Crippen molar-refractivity contribution < 1.29 is 14.0 Å². The summed E-state index contributed by atoms with van der Waals surface area (Å²) in [6.07, 6.45) is 0. The van der Waals surface area contributed by atoms with E-state index in [9.17, 15) is 9.59 Å². The Morgan fingerprint density at radius 2 is 2.42 bits per heavy atom. The lowest BCUT2D eigenvalue weighted by molar-refractivity contribution is -0.128. The largest absolute Gasteiger partial charge is 0.454 e. The van der Waals surface area contributed by atoms with Crippen molar-refractivity contribution in [1.29, 1.82) is 0 Å². The van der Waals surface area contributed by atoms with E-state index < -0.39 is 5.91 Å². The molecule has 1 aliphatic heterocycles. The Hall–Kier alpha value is -1.86. The third-order valence-electron chi connectivity index (χ3n) is 3.29. The molecule has 4 N–H and O–H groups in total. The summed E-state index contributed by atoms with van der Waals surface area (Å²) in [5, 5.41) is 2.80. The molecule has 1 aromatic rings. The van der Waals surface area contributed by atoms with Gasteiger partial charge < -0.3 is 9.73 Å². The summed E-state index contributed by atoms with van der Waals surface area (Å²) in [6, 6.07) is 1.59. The molecular weight excluding hydrogens is 248 g/mol. The fraction of sp³-hybridized carbons (Fsp3) is 0.500. The molecule has 0 bridgehead atoms. The van der Waals surface area contributed by atoms with Gasteiger partial charge in [-0.25, -0.2) is 5.84 Å². The first-order valence-corrected chi connectivity index (χ1v) is 6.15. The van der Waals surface area contributed by atoms with E-state index in [1.165, 1.54) is 0 Å². The molecule has 1 saturated heterocycles. The normalized spacial score (nSPS) is 20.2. The number of hydrazine groups is 1. The molecule has 0 spiro atoms. The van der Waals surface area contributed by atoms with Crippen molar-refractivity contribution in [2.45, 2.75) is 26.4 Å². The number of nitrogens with zero attached hydrogens (tertiary/aromatic N) is 1. The molecule has 19 heavy (non-hydrogen) atoms. The standard InChI is InChI=1S/C12H18N4O3/c1-7-5-9(19-10(7)12(18)15-13)6-16-4-3-14-11(17)8(16)2/h5,8H,3-4,6,13H2,1-2H3,(H,14,17)(H,15,18). The third kappa shape index (κ3) is 2.77. The highest BCUT2D eigenvalue weighted by Gasteiger charge is 2.26. The fourth-order valence-electron chi connectivity index (χ4n) is 2.16. The number of carbonyl (C=O) groups is 2. The van der Waals surface area contributed by atoms with Crippen LogP contribution in [-0.2, 0) is 11.3 Å². The molecule has 1 aromatic heterocycles. The van der Waals surface area contributed by atoms with Crippen LogP contribution in [-0.4, -0.2) is 35.8 Å². The van der Waals surface area contributed by atoms with Crippen LogP contribution in [0, 0.1) is 6.92 Å². The molecular formula is C12H18N4O3. The van der Waals surface area contributed by atoms with Crippen LogP contribution in [0.2, 0.25) is 0 Å². The van der Waals surface area contributed by atoms with Gasteiger partial charge in [-0.1, -0.05) is 0 Å². The number of nitrogens with one attached hydrogen (secondary N) is 2. The maximum absolute atomic E-state index is 11.6. The first-order chi connectivity index (χ1) is 9.02. The molecule has 7 heteroatoms. The van der Waals surface area contributed by atoms with Crippen molar-refractivity contribution in [2.24, 2.45) is 5.84 Å². The highest BCUT2D eigenvalue weighted by Crippen LogP contribution is 2.18. The van der Waals surface area contributed by atoms with Gasteiger partial charge in [-0.15, -0.1) is 0 Å². The quantitative estimate of drug-likeness (QED) is 0.389. The van der Waals surface area contributed by atoms with Crippen LogP contribution >= 0.6 is 0 Å². The van der Waals surface area contributed by atoms with E-state index in [0.717, 1.165) is 12.1 Å². The molecule has 0 radical (unpaired) electrons. The van der Waals surface area contributed by atoms with Gasteiger partial charge in [-0.05, 0) is 19.9 Å². The van der Waals surface area contributed by atoms with E-state index in [-0.39, 0.29) is 17.7 Å². The topological polar surface area (TPSA) is 101 Å². The van der Waals surface area contributed by atoms with Gasteiger partial charge >= 0.3 is 5.91 Å². The molecule has 0 saturated carbocycles. The average Bonchev–Trinajstić information content (AvgIpc) is 2.75. The summed E-state index contributed by atoms with van der Waals surface area (Å²) in [5.41, 5.74) is 2.77. The maximum Gasteiger partial charge on any atom is 0.301 e. The Balaban J connectivity index is 2.11. The van der Waals surface area contributed by atoms with Gasteiger partial charge in [0.25, 0.3) is 0 Å². The zero-order chi connectivity index (χ0) is 14.0. The molecule has 1 unspecified atom stereocenters. The number of nitrogen functional groups attached to an aromatic ring is 1. The van der Waals surface area contributed by atoms with Crippen molar-refractivity contribution in [3.8, 4) is 0 Å². The zero-order valence-electron chi connectivity index (χ0n) is 11.0. The van der Waals surface area contributed by atoms with Crippen molar-refractivity contribution in [3.63, 3.8) is 0 Å². The molecule has 104 valence electrons. The second-order valence-corrected chi connectivity index (χ2v) is 4.64. The summed E-state index contributed by atoms with van der Waals surface area (Å²) >= 11 is 0. The predicted molar refractivity (Wildman–Crippen MR) is 68.0 cm³/mol. The first kappa shape index (κ1) is 13.6. The highest BCUT2D eigenvalue weighted by molar-refractivity contribution is 5.92. The average molecular weight is 266 g/mol. The number of aryl methyl sites for hydroxylation is 1. The lowest BCUT2D eigenvalue weighted by Gasteiger charge is -2.31. The highest BCUT2D eigenvalue weighted by atomic mass is 16.4. The van der Waals surface area contributed by atoms with Gasteiger partial charge in [-0.2, -0.15) is 0 Å². The molecule has 2 rings (SSSR count). The SMILES string of the molecule is Cc1cc(CN2CCNC(=O)C2C)oc1C(=O)NN. The van der Waals surface area contributed by atoms with E-state index in [0.29, 0.717) is 18.8 Å². The molecule has 1 aliphatic rings. The molecule has 1 fully saturated rings.